The van der Waals surface area contributed by atoms with Gasteiger partial charge in [0.1, 0.15) is 5.82 Å². The Balaban J connectivity index is 1.29. The quantitative estimate of drug-likeness (QED) is 0.182. The van der Waals surface area contributed by atoms with Gasteiger partial charge < -0.3 is 9.84 Å². The van der Waals surface area contributed by atoms with Crippen molar-refractivity contribution in [1.29, 1.82) is 0 Å². The third-order valence-electron chi connectivity index (χ3n) is 9.55. The molecule has 2 aromatic carbocycles. The van der Waals surface area contributed by atoms with Gasteiger partial charge in [-0.3, -0.25) is 9.36 Å². The second-order valence-electron chi connectivity index (χ2n) is 12.5. The van der Waals surface area contributed by atoms with Crippen molar-refractivity contribution in [2.24, 2.45) is 0 Å². The lowest BCUT2D eigenvalue weighted by molar-refractivity contribution is -0.0865. The minimum absolute atomic E-state index is 0.00753. The summed E-state index contributed by atoms with van der Waals surface area (Å²) in [6.07, 6.45) is 6.82. The summed E-state index contributed by atoms with van der Waals surface area (Å²) in [5.74, 6) is 1.83. The normalized spacial score (nSPS) is 17.2. The number of ether oxygens (including phenoxy) is 1. The van der Waals surface area contributed by atoms with E-state index in [2.05, 4.69) is 51.8 Å². The number of fused-ring (bicyclic) bond motifs is 1. The van der Waals surface area contributed by atoms with E-state index < -0.39 is 5.60 Å². The largest absolute Gasteiger partial charge is 0.388 e. The molecule has 3 heterocycles. The van der Waals surface area contributed by atoms with Crippen LogP contribution in [0, 0.1) is 6.92 Å². The number of aromatic nitrogens is 8. The van der Waals surface area contributed by atoms with Crippen LogP contribution in [0.3, 0.4) is 0 Å². The molecule has 0 atom stereocenters. The van der Waals surface area contributed by atoms with Crippen LogP contribution in [0.15, 0.2) is 53.3 Å². The molecular weight excluding hydrogens is 580 g/mol. The van der Waals surface area contributed by atoms with Crippen LogP contribution in [0.2, 0.25) is 0 Å². The summed E-state index contributed by atoms with van der Waals surface area (Å²) in [5.41, 5.74) is 4.94. The number of benzene rings is 2. The highest BCUT2D eigenvalue weighted by atomic mass is 16.5. The molecule has 2 N–H and O–H groups in total. The molecule has 242 valence electrons. The molecule has 0 unspecified atom stereocenters. The van der Waals surface area contributed by atoms with Crippen LogP contribution in [0.1, 0.15) is 94.4 Å². The number of hydrogen-bond acceptors (Lipinski definition) is 8. The van der Waals surface area contributed by atoms with Crippen molar-refractivity contribution in [3.05, 3.63) is 81.5 Å². The molecule has 0 spiro atoms. The third-order valence-corrected chi connectivity index (χ3v) is 9.55. The van der Waals surface area contributed by atoms with E-state index in [1.165, 1.54) is 0 Å². The van der Waals surface area contributed by atoms with Crippen molar-refractivity contribution < 1.29 is 9.84 Å². The van der Waals surface area contributed by atoms with Crippen LogP contribution in [-0.4, -0.2) is 63.2 Å². The topological polar surface area (TPSA) is 136 Å². The van der Waals surface area contributed by atoms with Crippen molar-refractivity contribution in [2.75, 3.05) is 6.61 Å². The average molecular weight is 625 g/mol. The van der Waals surface area contributed by atoms with Crippen molar-refractivity contribution in [3.63, 3.8) is 0 Å². The highest BCUT2D eigenvalue weighted by Gasteiger charge is 2.30. The smallest absolute Gasteiger partial charge is 0.259 e. The number of rotatable bonds is 12. The van der Waals surface area contributed by atoms with Crippen LogP contribution < -0.4 is 5.56 Å². The van der Waals surface area contributed by atoms with E-state index in [1.807, 2.05) is 54.1 Å². The lowest BCUT2D eigenvalue weighted by atomic mass is 9.91. The van der Waals surface area contributed by atoms with E-state index in [4.69, 9.17) is 14.8 Å². The zero-order chi connectivity index (χ0) is 32.3. The maximum absolute atomic E-state index is 14.5. The average Bonchev–Trinajstić information content (AvgIpc) is 3.76. The van der Waals surface area contributed by atoms with Crippen molar-refractivity contribution in [3.8, 4) is 22.5 Å². The number of nitrogens with zero attached hydrogens (tertiary/aromatic N) is 7. The molecular formula is C35H44N8O3. The SMILES string of the molecule is CCCc1c(Cc2ccc(-c3ccccc3-c3nn[nH]n3)cc2)c(=O)n(C2CCC(OCC(O)(CC)CC)CC2)c2nc(C)nn12. The molecule has 0 saturated heterocycles. The van der Waals surface area contributed by atoms with Gasteiger partial charge >= 0.3 is 0 Å². The molecule has 5 aromatic rings. The zero-order valence-corrected chi connectivity index (χ0v) is 27.2. The third kappa shape index (κ3) is 6.39. The van der Waals surface area contributed by atoms with Gasteiger partial charge in [0.05, 0.1) is 24.0 Å². The van der Waals surface area contributed by atoms with Gasteiger partial charge in [-0.2, -0.15) is 15.3 Å². The van der Waals surface area contributed by atoms with E-state index in [0.717, 1.165) is 72.0 Å². The molecule has 1 fully saturated rings. The summed E-state index contributed by atoms with van der Waals surface area (Å²) >= 11 is 0. The molecule has 3 aromatic heterocycles. The van der Waals surface area contributed by atoms with Gasteiger partial charge in [0.15, 0.2) is 0 Å². The molecule has 46 heavy (non-hydrogen) atoms. The lowest BCUT2D eigenvalue weighted by Crippen LogP contribution is -2.37. The van der Waals surface area contributed by atoms with E-state index >= 15 is 0 Å². The maximum atomic E-state index is 14.5. The molecule has 0 aliphatic heterocycles. The molecule has 11 heteroatoms. The van der Waals surface area contributed by atoms with Gasteiger partial charge in [-0.1, -0.05) is 75.7 Å². The molecule has 1 aliphatic rings. The van der Waals surface area contributed by atoms with Crippen molar-refractivity contribution in [1.82, 2.24) is 39.8 Å². The summed E-state index contributed by atoms with van der Waals surface area (Å²) < 4.78 is 9.99. The molecule has 0 radical (unpaired) electrons. The summed E-state index contributed by atoms with van der Waals surface area (Å²) in [4.78, 5) is 19.2. The Labute approximate surface area is 269 Å². The highest BCUT2D eigenvalue weighted by Crippen LogP contribution is 2.33. The first-order chi connectivity index (χ1) is 22.3. The van der Waals surface area contributed by atoms with Crippen LogP contribution in [0.25, 0.3) is 28.3 Å². The van der Waals surface area contributed by atoms with Crippen molar-refractivity contribution in [2.45, 2.75) is 103 Å². The van der Waals surface area contributed by atoms with Crippen LogP contribution in [0.4, 0.5) is 0 Å². The second-order valence-corrected chi connectivity index (χ2v) is 12.5. The first-order valence-electron chi connectivity index (χ1n) is 16.6. The molecule has 1 aliphatic carbocycles. The summed E-state index contributed by atoms with van der Waals surface area (Å²) in [6.45, 7) is 8.34. The molecule has 11 nitrogen and oxygen atoms in total. The first-order valence-corrected chi connectivity index (χ1v) is 16.6. The Morgan fingerprint density at radius 2 is 1.72 bits per heavy atom. The van der Waals surface area contributed by atoms with Gasteiger partial charge in [0.2, 0.25) is 11.6 Å². The lowest BCUT2D eigenvalue weighted by Gasteiger charge is -2.33. The van der Waals surface area contributed by atoms with E-state index in [1.54, 1.807) is 0 Å². The number of H-pyrrole nitrogens is 1. The fourth-order valence-corrected chi connectivity index (χ4v) is 6.64. The summed E-state index contributed by atoms with van der Waals surface area (Å²) in [7, 11) is 0. The van der Waals surface area contributed by atoms with E-state index in [0.29, 0.717) is 43.3 Å². The van der Waals surface area contributed by atoms with Gasteiger partial charge in [0, 0.05) is 23.6 Å². The van der Waals surface area contributed by atoms with Gasteiger partial charge in [-0.05, 0) is 73.8 Å². The number of nitrogens with one attached hydrogen (secondary N) is 1. The summed E-state index contributed by atoms with van der Waals surface area (Å²) in [6, 6.07) is 16.4. The van der Waals surface area contributed by atoms with Gasteiger partial charge in [-0.25, -0.2) is 4.52 Å². The monoisotopic (exact) mass is 624 g/mol. The predicted molar refractivity (Wildman–Crippen MR) is 177 cm³/mol. The molecule has 1 saturated carbocycles. The Morgan fingerprint density at radius 3 is 2.37 bits per heavy atom. The molecule has 0 bridgehead atoms. The van der Waals surface area contributed by atoms with Crippen molar-refractivity contribution >= 4 is 5.78 Å². The number of tetrazole rings is 1. The number of aryl methyl sites for hydroxylation is 2. The Bertz CT molecular complexity index is 1820. The van der Waals surface area contributed by atoms with E-state index in [-0.39, 0.29) is 17.7 Å². The Kier molecular flexibility index (Phi) is 9.42. The first kappa shape index (κ1) is 31.7. The van der Waals surface area contributed by atoms with Gasteiger partial charge in [0.25, 0.3) is 5.56 Å². The van der Waals surface area contributed by atoms with Crippen LogP contribution in [0.5, 0.6) is 0 Å². The second kappa shape index (κ2) is 13.6. The fourth-order valence-electron chi connectivity index (χ4n) is 6.64. The summed E-state index contributed by atoms with van der Waals surface area (Å²) in [5, 5.41) is 30.1. The van der Waals surface area contributed by atoms with Crippen LogP contribution >= 0.6 is 0 Å². The Morgan fingerprint density at radius 1 is 1.00 bits per heavy atom. The number of aliphatic hydroxyl groups is 1. The minimum Gasteiger partial charge on any atom is -0.388 e. The van der Waals surface area contributed by atoms with Gasteiger partial charge in [-0.15, -0.1) is 10.2 Å². The minimum atomic E-state index is -0.779. The van der Waals surface area contributed by atoms with Crippen LogP contribution in [-0.2, 0) is 17.6 Å². The fraction of sp³-hybridized carbons (Fsp3) is 0.486. The maximum Gasteiger partial charge on any atom is 0.259 e. The number of aromatic amines is 1. The highest BCUT2D eigenvalue weighted by molar-refractivity contribution is 5.80. The molecule has 6 rings (SSSR count). The van der Waals surface area contributed by atoms with E-state index in [9.17, 15) is 9.90 Å². The zero-order valence-electron chi connectivity index (χ0n) is 27.2. The molecule has 0 amide bonds. The standard InChI is InChI=1S/C35H44N8O3/c1-5-10-31-30(21-24-13-15-25(16-14-24)28-11-8-9-12-29(28)32-37-40-41-38-32)33(44)42(34-36-23(4)39-43(31)34)26-17-19-27(20-18-26)46-22-35(45,6-2)7-3/h8-9,11-16,26-27,45H,5-7,10,17-22H2,1-4H3,(H,37,38,40,41). The number of hydrogen-bond donors (Lipinski definition) is 2. The predicted octanol–water partition coefficient (Wildman–Crippen LogP) is 5.64. The Hall–Kier alpha value is -4.22.